The summed E-state index contributed by atoms with van der Waals surface area (Å²) in [4.78, 5) is 32.8. The fourth-order valence-corrected chi connectivity index (χ4v) is 4.74. The van der Waals surface area contributed by atoms with E-state index in [1.807, 2.05) is 54.3 Å². The van der Waals surface area contributed by atoms with Gasteiger partial charge >= 0.3 is 0 Å². The molecule has 0 fully saturated rings. The van der Waals surface area contributed by atoms with Crippen LogP contribution >= 0.6 is 11.8 Å². The summed E-state index contributed by atoms with van der Waals surface area (Å²) in [5.41, 5.74) is 2.86. The van der Waals surface area contributed by atoms with Crippen LogP contribution in [0.5, 0.6) is 0 Å². The van der Waals surface area contributed by atoms with Crippen molar-refractivity contribution in [3.05, 3.63) is 64.4 Å². The van der Waals surface area contributed by atoms with Crippen molar-refractivity contribution in [3.63, 3.8) is 0 Å². The molecule has 0 saturated heterocycles. The molecule has 3 aromatic rings. The minimum Gasteiger partial charge on any atom is -0.311 e. The van der Waals surface area contributed by atoms with E-state index in [1.165, 1.54) is 17.3 Å². The lowest BCUT2D eigenvalue weighted by atomic mass is 10.2. The Morgan fingerprint density at radius 1 is 1.17 bits per heavy atom. The van der Waals surface area contributed by atoms with Gasteiger partial charge in [0.15, 0.2) is 5.16 Å². The zero-order chi connectivity index (χ0) is 20.4. The van der Waals surface area contributed by atoms with Crippen molar-refractivity contribution in [2.75, 3.05) is 11.4 Å². The van der Waals surface area contributed by atoms with E-state index in [2.05, 4.69) is 13.0 Å². The first-order chi connectivity index (χ1) is 14.1. The molecule has 6 heteroatoms. The largest absolute Gasteiger partial charge is 0.311 e. The number of thioether (sulfide) groups is 1. The second-order valence-electron chi connectivity index (χ2n) is 7.35. The minimum absolute atomic E-state index is 0.0299. The van der Waals surface area contributed by atoms with Crippen molar-refractivity contribution < 1.29 is 4.79 Å². The summed E-state index contributed by atoms with van der Waals surface area (Å²) in [6, 6.07) is 15.5. The Labute approximate surface area is 174 Å². The van der Waals surface area contributed by atoms with Gasteiger partial charge in [0.05, 0.1) is 16.2 Å². The maximum atomic E-state index is 13.2. The normalized spacial score (nSPS) is 14.2. The molecule has 0 N–H and O–H groups in total. The molecule has 1 atom stereocenters. The van der Waals surface area contributed by atoms with Crippen LogP contribution in [0.4, 0.5) is 5.69 Å². The summed E-state index contributed by atoms with van der Waals surface area (Å²) in [5.74, 6) is 0.0596. The lowest BCUT2D eigenvalue weighted by Gasteiger charge is -2.22. The minimum atomic E-state index is -0.331. The molecular formula is C23H25N3O2S. The smallest absolute Gasteiger partial charge is 0.262 e. The number of carbonyl (C=O) groups excluding carboxylic acids is 1. The Hall–Kier alpha value is -2.60. The molecule has 1 aliphatic rings. The van der Waals surface area contributed by atoms with E-state index >= 15 is 0 Å². The fourth-order valence-electron chi connectivity index (χ4n) is 3.75. The summed E-state index contributed by atoms with van der Waals surface area (Å²) in [5, 5.41) is 0.915. The third-order valence-electron chi connectivity index (χ3n) is 5.35. The molecule has 0 bridgehead atoms. The van der Waals surface area contributed by atoms with Crippen LogP contribution in [0, 0.1) is 0 Å². The SMILES string of the molecule is CCCCn1c(S[C@@H](C)C(=O)N2CCc3ccccc32)nc2ccccc2c1=O. The molecule has 150 valence electrons. The molecule has 1 aliphatic heterocycles. The van der Waals surface area contributed by atoms with E-state index < -0.39 is 0 Å². The van der Waals surface area contributed by atoms with Crippen molar-refractivity contribution in [1.29, 1.82) is 0 Å². The van der Waals surface area contributed by atoms with E-state index in [9.17, 15) is 9.59 Å². The third-order valence-corrected chi connectivity index (χ3v) is 6.42. The molecule has 5 nitrogen and oxygen atoms in total. The zero-order valence-corrected chi connectivity index (χ0v) is 17.6. The molecule has 29 heavy (non-hydrogen) atoms. The quantitative estimate of drug-likeness (QED) is 0.452. The van der Waals surface area contributed by atoms with Crippen LogP contribution in [0.2, 0.25) is 0 Å². The summed E-state index contributed by atoms with van der Waals surface area (Å²) in [6.45, 7) is 5.32. The molecule has 1 amide bonds. The average molecular weight is 408 g/mol. The van der Waals surface area contributed by atoms with Crippen LogP contribution in [0.15, 0.2) is 58.5 Å². The highest BCUT2D eigenvalue weighted by molar-refractivity contribution is 8.00. The average Bonchev–Trinajstić information content (AvgIpc) is 3.17. The molecule has 4 rings (SSSR count). The van der Waals surface area contributed by atoms with Gasteiger partial charge in [-0.2, -0.15) is 0 Å². The van der Waals surface area contributed by atoms with Gasteiger partial charge in [-0.25, -0.2) is 4.98 Å². The second kappa shape index (κ2) is 8.41. The van der Waals surface area contributed by atoms with Gasteiger partial charge in [0.1, 0.15) is 0 Å². The van der Waals surface area contributed by atoms with Gasteiger partial charge < -0.3 is 4.90 Å². The maximum Gasteiger partial charge on any atom is 0.262 e. The number of hydrogen-bond acceptors (Lipinski definition) is 4. The predicted molar refractivity (Wildman–Crippen MR) is 119 cm³/mol. The fraction of sp³-hybridized carbons (Fsp3) is 0.348. The molecule has 0 aliphatic carbocycles. The van der Waals surface area contributed by atoms with E-state index in [0.717, 1.165) is 24.9 Å². The van der Waals surface area contributed by atoms with Crippen molar-refractivity contribution in [1.82, 2.24) is 9.55 Å². The van der Waals surface area contributed by atoms with Gasteiger partial charge in [0.2, 0.25) is 5.91 Å². The standard InChI is InChI=1S/C23H25N3O2S/c1-3-4-14-26-22(28)18-10-6-7-11-19(18)24-23(26)29-16(2)21(27)25-15-13-17-9-5-8-12-20(17)25/h5-12,16H,3-4,13-15H2,1-2H3/t16-/m0/s1. The highest BCUT2D eigenvalue weighted by Crippen LogP contribution is 2.31. The Morgan fingerprint density at radius 3 is 2.76 bits per heavy atom. The van der Waals surface area contributed by atoms with Crippen LogP contribution < -0.4 is 10.5 Å². The Kier molecular flexibility index (Phi) is 5.72. The highest BCUT2D eigenvalue weighted by Gasteiger charge is 2.29. The lowest BCUT2D eigenvalue weighted by Crippen LogP contribution is -2.35. The van der Waals surface area contributed by atoms with Gasteiger partial charge in [-0.3, -0.25) is 14.2 Å². The van der Waals surface area contributed by atoms with Crippen LogP contribution in [0.3, 0.4) is 0 Å². The van der Waals surface area contributed by atoms with Crippen LogP contribution in [-0.2, 0) is 17.8 Å². The van der Waals surface area contributed by atoms with E-state index in [-0.39, 0.29) is 16.7 Å². The number of amides is 1. The summed E-state index contributed by atoms with van der Waals surface area (Å²) in [7, 11) is 0. The Bertz CT molecular complexity index is 1110. The van der Waals surface area contributed by atoms with Gasteiger partial charge in [0, 0.05) is 18.8 Å². The van der Waals surface area contributed by atoms with E-state index in [4.69, 9.17) is 4.98 Å². The molecule has 1 aromatic heterocycles. The first-order valence-electron chi connectivity index (χ1n) is 10.2. The number of anilines is 1. The van der Waals surface area contributed by atoms with Crippen LogP contribution in [0.1, 0.15) is 32.3 Å². The number of benzene rings is 2. The van der Waals surface area contributed by atoms with Crippen molar-refractivity contribution in [2.24, 2.45) is 0 Å². The van der Waals surface area contributed by atoms with Crippen molar-refractivity contribution >= 4 is 34.3 Å². The third kappa shape index (κ3) is 3.81. The first-order valence-corrected chi connectivity index (χ1v) is 11.0. The molecular weight excluding hydrogens is 382 g/mol. The highest BCUT2D eigenvalue weighted by atomic mass is 32.2. The van der Waals surface area contributed by atoms with E-state index in [0.29, 0.717) is 29.1 Å². The first kappa shape index (κ1) is 19.7. The van der Waals surface area contributed by atoms with Crippen LogP contribution in [-0.4, -0.2) is 27.3 Å². The Balaban J connectivity index is 1.64. The summed E-state index contributed by atoms with van der Waals surface area (Å²) >= 11 is 1.38. The molecule has 0 unspecified atom stereocenters. The molecule has 2 aromatic carbocycles. The molecule has 0 saturated carbocycles. The van der Waals surface area contributed by atoms with Crippen LogP contribution in [0.25, 0.3) is 10.9 Å². The summed E-state index contributed by atoms with van der Waals surface area (Å²) < 4.78 is 1.73. The zero-order valence-electron chi connectivity index (χ0n) is 16.8. The van der Waals surface area contributed by atoms with Crippen molar-refractivity contribution in [2.45, 2.75) is 50.1 Å². The number of nitrogens with zero attached hydrogens (tertiary/aromatic N) is 3. The van der Waals surface area contributed by atoms with Gasteiger partial charge in [-0.05, 0) is 43.5 Å². The molecule has 2 heterocycles. The van der Waals surface area contributed by atoms with Crippen molar-refractivity contribution in [3.8, 4) is 0 Å². The lowest BCUT2D eigenvalue weighted by molar-refractivity contribution is -0.117. The predicted octanol–water partition coefficient (Wildman–Crippen LogP) is 4.27. The topological polar surface area (TPSA) is 55.2 Å². The number of rotatable bonds is 6. The van der Waals surface area contributed by atoms with Gasteiger partial charge in [-0.1, -0.05) is 55.4 Å². The molecule has 0 radical (unpaired) electrons. The number of aromatic nitrogens is 2. The number of fused-ring (bicyclic) bond motifs is 2. The van der Waals surface area contributed by atoms with Gasteiger partial charge in [0.25, 0.3) is 5.56 Å². The number of unbranched alkanes of at least 4 members (excludes halogenated alkanes) is 1. The number of carbonyl (C=O) groups is 1. The molecule has 0 spiro atoms. The second-order valence-corrected chi connectivity index (χ2v) is 8.66. The summed E-state index contributed by atoms with van der Waals surface area (Å²) in [6.07, 6.45) is 2.77. The van der Waals surface area contributed by atoms with Gasteiger partial charge in [-0.15, -0.1) is 0 Å². The number of para-hydroxylation sites is 2. The monoisotopic (exact) mass is 407 g/mol. The maximum absolute atomic E-state index is 13.2. The Morgan fingerprint density at radius 2 is 1.93 bits per heavy atom. The van der Waals surface area contributed by atoms with E-state index in [1.54, 1.807) is 4.57 Å². The number of hydrogen-bond donors (Lipinski definition) is 0.